The van der Waals surface area contributed by atoms with Crippen LogP contribution in [0.5, 0.6) is 0 Å². The minimum Gasteiger partial charge on any atom is -0.395 e. The van der Waals surface area contributed by atoms with Crippen molar-refractivity contribution < 1.29 is 13.5 Å². The zero-order chi connectivity index (χ0) is 15.0. The van der Waals surface area contributed by atoms with Gasteiger partial charge >= 0.3 is 0 Å². The molecule has 0 amide bonds. The van der Waals surface area contributed by atoms with Crippen molar-refractivity contribution in [1.29, 1.82) is 0 Å². The molecule has 0 unspecified atom stereocenters. The molecule has 4 nitrogen and oxygen atoms in total. The zero-order valence-electron chi connectivity index (χ0n) is 11.9. The molecule has 1 aromatic rings. The van der Waals surface area contributed by atoms with E-state index in [-0.39, 0.29) is 11.5 Å². The molecule has 1 rings (SSSR count). The normalized spacial score (nSPS) is 10.9. The molecule has 0 saturated carbocycles. The van der Waals surface area contributed by atoms with E-state index in [1.165, 1.54) is 0 Å². The lowest BCUT2D eigenvalue weighted by Crippen LogP contribution is -2.24. The SMILES string of the molecule is CCCCNS(=O)(=O)c1ccc(C#CCCO)c(C)c1. The van der Waals surface area contributed by atoms with E-state index in [0.29, 0.717) is 13.0 Å². The van der Waals surface area contributed by atoms with Gasteiger partial charge in [-0.2, -0.15) is 0 Å². The first-order valence-corrected chi connectivity index (χ1v) is 8.19. The standard InChI is InChI=1S/C15H21NO3S/c1-3-4-10-16-20(18,19)15-9-8-14(13(2)12-15)7-5-6-11-17/h8-9,12,16-17H,3-4,6,10-11H2,1-2H3. The summed E-state index contributed by atoms with van der Waals surface area (Å²) in [7, 11) is -3.44. The molecular formula is C15H21NO3S. The molecular weight excluding hydrogens is 274 g/mol. The molecule has 0 fully saturated rings. The molecule has 0 heterocycles. The second-order valence-corrected chi connectivity index (χ2v) is 6.27. The summed E-state index contributed by atoms with van der Waals surface area (Å²) in [6.07, 6.45) is 2.18. The lowest BCUT2D eigenvalue weighted by molar-refractivity contribution is 0.305. The van der Waals surface area contributed by atoms with Gasteiger partial charge in [-0.1, -0.05) is 25.2 Å². The van der Waals surface area contributed by atoms with E-state index in [2.05, 4.69) is 16.6 Å². The van der Waals surface area contributed by atoms with E-state index in [1.807, 2.05) is 13.8 Å². The fourth-order valence-electron chi connectivity index (χ4n) is 1.62. The third-order valence-electron chi connectivity index (χ3n) is 2.79. The van der Waals surface area contributed by atoms with Crippen LogP contribution in [0.4, 0.5) is 0 Å². The largest absolute Gasteiger partial charge is 0.395 e. The molecule has 2 N–H and O–H groups in total. The van der Waals surface area contributed by atoms with E-state index in [0.717, 1.165) is 24.0 Å². The second kappa shape index (κ2) is 8.05. The first kappa shape index (κ1) is 16.7. The highest BCUT2D eigenvalue weighted by atomic mass is 32.2. The number of rotatable bonds is 6. The summed E-state index contributed by atoms with van der Waals surface area (Å²) in [5, 5.41) is 8.68. The van der Waals surface area contributed by atoms with E-state index in [4.69, 9.17) is 5.11 Å². The Bertz CT molecular complexity index is 597. The maximum Gasteiger partial charge on any atom is 0.240 e. The molecule has 0 aromatic heterocycles. The average molecular weight is 295 g/mol. The van der Waals surface area contributed by atoms with Gasteiger partial charge in [0.2, 0.25) is 10.0 Å². The Balaban J connectivity index is 2.89. The molecule has 5 heteroatoms. The second-order valence-electron chi connectivity index (χ2n) is 4.50. The maximum atomic E-state index is 12.1. The average Bonchev–Trinajstić information content (AvgIpc) is 2.41. The van der Waals surface area contributed by atoms with Crippen molar-refractivity contribution in [2.75, 3.05) is 13.2 Å². The Morgan fingerprint density at radius 2 is 2.10 bits per heavy atom. The smallest absolute Gasteiger partial charge is 0.240 e. The summed E-state index contributed by atoms with van der Waals surface area (Å²) in [5.41, 5.74) is 1.60. The number of aryl methyl sites for hydroxylation is 1. The highest BCUT2D eigenvalue weighted by Crippen LogP contribution is 2.14. The molecule has 0 saturated heterocycles. The van der Waals surface area contributed by atoms with Gasteiger partial charge in [0, 0.05) is 18.5 Å². The van der Waals surface area contributed by atoms with Crippen molar-refractivity contribution in [3.63, 3.8) is 0 Å². The van der Waals surface area contributed by atoms with E-state index in [9.17, 15) is 8.42 Å². The fourth-order valence-corrected chi connectivity index (χ4v) is 2.78. The van der Waals surface area contributed by atoms with Crippen molar-refractivity contribution in [3.8, 4) is 11.8 Å². The topological polar surface area (TPSA) is 66.4 Å². The van der Waals surface area contributed by atoms with Crippen LogP contribution in [0.25, 0.3) is 0 Å². The van der Waals surface area contributed by atoms with Crippen LogP contribution in [-0.4, -0.2) is 26.7 Å². The Hall–Kier alpha value is -1.35. The van der Waals surface area contributed by atoms with Gasteiger partial charge < -0.3 is 5.11 Å². The molecule has 0 radical (unpaired) electrons. The van der Waals surface area contributed by atoms with Crippen LogP contribution in [0.3, 0.4) is 0 Å². The summed E-state index contributed by atoms with van der Waals surface area (Å²) in [6, 6.07) is 4.88. The number of hydrogen-bond acceptors (Lipinski definition) is 3. The lowest BCUT2D eigenvalue weighted by atomic mass is 10.1. The number of benzene rings is 1. The van der Waals surface area contributed by atoms with Crippen molar-refractivity contribution >= 4 is 10.0 Å². The van der Waals surface area contributed by atoms with Gasteiger partial charge in [0.05, 0.1) is 11.5 Å². The molecule has 0 spiro atoms. The number of aliphatic hydroxyl groups is 1. The minimum atomic E-state index is -3.44. The monoisotopic (exact) mass is 295 g/mol. The van der Waals surface area contributed by atoms with Gasteiger partial charge in [0.25, 0.3) is 0 Å². The zero-order valence-corrected chi connectivity index (χ0v) is 12.8. The molecule has 0 aliphatic heterocycles. The van der Waals surface area contributed by atoms with Gasteiger partial charge in [-0.05, 0) is 37.1 Å². The van der Waals surface area contributed by atoms with Crippen LogP contribution < -0.4 is 4.72 Å². The third kappa shape index (κ3) is 4.97. The predicted molar refractivity (Wildman–Crippen MR) is 79.9 cm³/mol. The number of aliphatic hydroxyl groups excluding tert-OH is 1. The van der Waals surface area contributed by atoms with Crippen LogP contribution >= 0.6 is 0 Å². The Labute approximate surface area is 121 Å². The van der Waals surface area contributed by atoms with Crippen LogP contribution in [0.1, 0.15) is 37.3 Å². The number of hydrogen-bond donors (Lipinski definition) is 2. The van der Waals surface area contributed by atoms with Crippen molar-refractivity contribution in [1.82, 2.24) is 4.72 Å². The molecule has 0 bridgehead atoms. The molecule has 0 aliphatic carbocycles. The first-order chi connectivity index (χ1) is 9.51. The molecule has 1 aromatic carbocycles. The van der Waals surface area contributed by atoms with Crippen LogP contribution in [0.2, 0.25) is 0 Å². The Morgan fingerprint density at radius 3 is 2.70 bits per heavy atom. The van der Waals surface area contributed by atoms with Crippen LogP contribution in [0, 0.1) is 18.8 Å². The number of sulfonamides is 1. The van der Waals surface area contributed by atoms with E-state index >= 15 is 0 Å². The third-order valence-corrected chi connectivity index (χ3v) is 4.25. The Kier molecular flexibility index (Phi) is 6.73. The van der Waals surface area contributed by atoms with Crippen LogP contribution in [0.15, 0.2) is 23.1 Å². The highest BCUT2D eigenvalue weighted by molar-refractivity contribution is 7.89. The number of nitrogens with one attached hydrogen (secondary N) is 1. The van der Waals surface area contributed by atoms with Crippen molar-refractivity contribution in [2.24, 2.45) is 0 Å². The fraction of sp³-hybridized carbons (Fsp3) is 0.467. The summed E-state index contributed by atoms with van der Waals surface area (Å²) in [4.78, 5) is 0.263. The molecule has 110 valence electrons. The minimum absolute atomic E-state index is 0.0276. The molecule has 0 aliphatic rings. The number of unbranched alkanes of at least 4 members (excludes halogenated alkanes) is 1. The summed E-state index contributed by atoms with van der Waals surface area (Å²) < 4.78 is 26.7. The highest BCUT2D eigenvalue weighted by Gasteiger charge is 2.13. The summed E-state index contributed by atoms with van der Waals surface area (Å²) in [6.45, 7) is 4.32. The predicted octanol–water partition coefficient (Wildman–Crippen LogP) is 1.81. The summed E-state index contributed by atoms with van der Waals surface area (Å²) >= 11 is 0. The quantitative estimate of drug-likeness (QED) is 0.621. The molecule has 20 heavy (non-hydrogen) atoms. The van der Waals surface area contributed by atoms with Gasteiger partial charge in [-0.3, -0.25) is 0 Å². The Morgan fingerprint density at radius 1 is 1.35 bits per heavy atom. The van der Waals surface area contributed by atoms with Gasteiger partial charge in [0.15, 0.2) is 0 Å². The first-order valence-electron chi connectivity index (χ1n) is 6.71. The molecule has 0 atom stereocenters. The summed E-state index contributed by atoms with van der Waals surface area (Å²) in [5.74, 6) is 5.75. The lowest BCUT2D eigenvalue weighted by Gasteiger charge is -2.07. The van der Waals surface area contributed by atoms with Crippen LogP contribution in [-0.2, 0) is 10.0 Å². The maximum absolute atomic E-state index is 12.1. The van der Waals surface area contributed by atoms with Crippen molar-refractivity contribution in [2.45, 2.75) is 38.0 Å². The van der Waals surface area contributed by atoms with Gasteiger partial charge in [0.1, 0.15) is 0 Å². The van der Waals surface area contributed by atoms with Crippen molar-refractivity contribution in [3.05, 3.63) is 29.3 Å². The van der Waals surface area contributed by atoms with E-state index < -0.39 is 10.0 Å². The van der Waals surface area contributed by atoms with Gasteiger partial charge in [-0.25, -0.2) is 13.1 Å². The van der Waals surface area contributed by atoms with E-state index in [1.54, 1.807) is 18.2 Å². The van der Waals surface area contributed by atoms with Gasteiger partial charge in [-0.15, -0.1) is 0 Å².